The predicted molar refractivity (Wildman–Crippen MR) is 130 cm³/mol. The first kappa shape index (κ1) is 25.4. The van der Waals surface area contributed by atoms with Crippen LogP contribution in [-0.2, 0) is 13.9 Å². The average Bonchev–Trinajstić information content (AvgIpc) is 3.07. The summed E-state index contributed by atoms with van der Waals surface area (Å²) < 4.78 is 22.1. The zero-order valence-corrected chi connectivity index (χ0v) is 23.9. The summed E-state index contributed by atoms with van der Waals surface area (Å²) >= 11 is -1.89. The molecule has 0 aromatic heterocycles. The molecule has 5 heteroatoms. The molecule has 3 nitrogen and oxygen atoms in total. The molecule has 0 aliphatic carbocycles. The number of hydrogen-bond donors (Lipinski definition) is 0. The molecule has 1 saturated heterocycles. The monoisotopic (exact) mass is 528 g/mol. The molecule has 0 saturated carbocycles. The summed E-state index contributed by atoms with van der Waals surface area (Å²) in [6.45, 7) is 15.5. The van der Waals surface area contributed by atoms with E-state index in [1.165, 1.54) is 0 Å². The Bertz CT molecular complexity index is 600. The van der Waals surface area contributed by atoms with Crippen LogP contribution in [0, 0.1) is 0 Å². The fraction of sp³-hybridized carbons (Fsp3) is 0.750. The van der Waals surface area contributed by atoms with Crippen molar-refractivity contribution in [1.29, 1.82) is 0 Å². The van der Waals surface area contributed by atoms with E-state index in [0.29, 0.717) is 0 Å². The van der Waals surface area contributed by atoms with Crippen LogP contribution in [0.25, 0.3) is 0 Å². The van der Waals surface area contributed by atoms with Crippen molar-refractivity contribution in [3.8, 4) is 0 Å². The van der Waals surface area contributed by atoms with Gasteiger partial charge < -0.3 is 0 Å². The fourth-order valence-corrected chi connectivity index (χ4v) is 7.18. The van der Waals surface area contributed by atoms with Crippen LogP contribution in [0.4, 0.5) is 0 Å². The average molecular weight is 527 g/mol. The Morgan fingerprint density at radius 3 is 2.48 bits per heavy atom. The van der Waals surface area contributed by atoms with E-state index in [0.717, 1.165) is 25.7 Å². The van der Waals surface area contributed by atoms with Gasteiger partial charge in [0.2, 0.25) is 0 Å². The van der Waals surface area contributed by atoms with Crippen LogP contribution < -0.4 is 0 Å². The normalized spacial score (nSPS) is 30.1. The molecule has 5 unspecified atom stereocenters. The zero-order valence-electron chi connectivity index (χ0n) is 20.0. The summed E-state index contributed by atoms with van der Waals surface area (Å²) in [5.41, 5.74) is 0. The predicted octanol–water partition coefficient (Wildman–Crippen LogP) is 6.65. The zero-order chi connectivity index (χ0) is 21.9. The summed E-state index contributed by atoms with van der Waals surface area (Å²) in [5.74, 6) is 0. The fourth-order valence-electron chi connectivity index (χ4n) is 3.56. The molecule has 5 atom stereocenters. The Balaban J connectivity index is 2.01. The van der Waals surface area contributed by atoms with Gasteiger partial charge in [0.1, 0.15) is 0 Å². The molecular formula is C24H44O3SiSn. The first-order valence-corrected chi connectivity index (χ1v) is 24.4. The Morgan fingerprint density at radius 2 is 1.90 bits per heavy atom. The molecule has 0 amide bonds. The molecule has 0 N–H and O–H groups in total. The van der Waals surface area contributed by atoms with Gasteiger partial charge in [-0.3, -0.25) is 0 Å². The van der Waals surface area contributed by atoms with Gasteiger partial charge in [0.25, 0.3) is 0 Å². The van der Waals surface area contributed by atoms with Crippen LogP contribution in [0.3, 0.4) is 0 Å². The standard InChI is InChI=1S/C21H35O3Si.3CH3.Sn/c1-8-11-20(24-25(6,7)21(3,4)5)18-13-10-12-17(23-18)19-15-14-16(9-2)22-19;;;;/h2,8-10,12,16-20H,1,11,13-15H2,3-7H3;3*1H3;. The molecule has 166 valence electrons. The van der Waals surface area contributed by atoms with Crippen LogP contribution >= 0.6 is 0 Å². The summed E-state index contributed by atoms with van der Waals surface area (Å²) in [6.07, 6.45) is 13.2. The molecule has 2 rings (SSSR count). The van der Waals surface area contributed by atoms with Gasteiger partial charge in [0.15, 0.2) is 0 Å². The van der Waals surface area contributed by atoms with E-state index in [2.05, 4.69) is 77.6 Å². The van der Waals surface area contributed by atoms with Crippen LogP contribution in [-0.4, -0.2) is 57.2 Å². The summed E-state index contributed by atoms with van der Waals surface area (Å²) in [6, 6.07) is 0. The van der Waals surface area contributed by atoms with Gasteiger partial charge in [-0.25, -0.2) is 0 Å². The van der Waals surface area contributed by atoms with Crippen molar-refractivity contribution in [1.82, 2.24) is 0 Å². The van der Waals surface area contributed by atoms with E-state index < -0.39 is 26.7 Å². The van der Waals surface area contributed by atoms with Gasteiger partial charge in [-0.15, -0.1) is 0 Å². The molecule has 0 aromatic rings. The minimum atomic E-state index is -1.89. The first-order chi connectivity index (χ1) is 13.3. The molecule has 29 heavy (non-hydrogen) atoms. The Kier molecular flexibility index (Phi) is 8.89. The van der Waals surface area contributed by atoms with Crippen molar-refractivity contribution in [2.24, 2.45) is 0 Å². The molecule has 0 radical (unpaired) electrons. The quantitative estimate of drug-likeness (QED) is 0.262. The maximum atomic E-state index is 6.75. The van der Waals surface area contributed by atoms with Crippen molar-refractivity contribution in [3.63, 3.8) is 0 Å². The van der Waals surface area contributed by atoms with E-state index in [1.54, 1.807) is 0 Å². The summed E-state index contributed by atoms with van der Waals surface area (Å²) in [7, 11) is -1.87. The Hall–Kier alpha value is 0.116. The molecule has 0 aromatic carbocycles. The van der Waals surface area contributed by atoms with Crippen LogP contribution in [0.1, 0.15) is 46.5 Å². The van der Waals surface area contributed by atoms with Crippen LogP contribution in [0.2, 0.25) is 33.0 Å². The number of ether oxygens (including phenoxy) is 2. The third-order valence-corrected chi connectivity index (χ3v) is 14.3. The summed E-state index contributed by atoms with van der Waals surface area (Å²) in [4.78, 5) is 7.28. The maximum absolute atomic E-state index is 6.75. The van der Waals surface area contributed by atoms with E-state index >= 15 is 0 Å². The minimum absolute atomic E-state index is 0.0284. The second kappa shape index (κ2) is 10.2. The molecule has 0 bridgehead atoms. The molecular weight excluding hydrogens is 483 g/mol. The van der Waals surface area contributed by atoms with Gasteiger partial charge in [-0.1, -0.05) is 20.8 Å². The summed E-state index contributed by atoms with van der Waals surface area (Å²) in [5, 5.41) is 0.183. The second-order valence-corrected chi connectivity index (χ2v) is 30.5. The number of hydrogen-bond acceptors (Lipinski definition) is 3. The van der Waals surface area contributed by atoms with Crippen LogP contribution in [0.15, 0.2) is 35.0 Å². The van der Waals surface area contributed by atoms with Crippen molar-refractivity contribution in [3.05, 3.63) is 35.0 Å². The van der Waals surface area contributed by atoms with E-state index in [9.17, 15) is 0 Å². The van der Waals surface area contributed by atoms with Crippen molar-refractivity contribution >= 4 is 26.7 Å². The van der Waals surface area contributed by atoms with Crippen LogP contribution in [0.5, 0.6) is 0 Å². The van der Waals surface area contributed by atoms with Crippen molar-refractivity contribution in [2.45, 2.75) is 110 Å². The molecule has 2 aliphatic rings. The third-order valence-electron chi connectivity index (χ3n) is 6.35. The van der Waals surface area contributed by atoms with Gasteiger partial charge in [0, 0.05) is 0 Å². The first-order valence-electron chi connectivity index (χ1n) is 11.3. The van der Waals surface area contributed by atoms with E-state index in [-0.39, 0.29) is 35.6 Å². The third kappa shape index (κ3) is 7.63. The van der Waals surface area contributed by atoms with Crippen molar-refractivity contribution in [2.75, 3.05) is 0 Å². The number of rotatable bonds is 8. The topological polar surface area (TPSA) is 27.7 Å². The van der Waals surface area contributed by atoms with Crippen molar-refractivity contribution < 1.29 is 13.9 Å². The molecule has 2 heterocycles. The Morgan fingerprint density at radius 1 is 1.21 bits per heavy atom. The second-order valence-electron chi connectivity index (χ2n) is 11.3. The van der Waals surface area contributed by atoms with E-state index in [1.807, 2.05) is 6.08 Å². The van der Waals surface area contributed by atoms with Gasteiger partial charge in [-0.2, -0.15) is 0 Å². The Labute approximate surface area is 185 Å². The molecule has 1 fully saturated rings. The van der Waals surface area contributed by atoms with Gasteiger partial charge in [-0.05, 0) is 0 Å². The molecule has 2 aliphatic heterocycles. The van der Waals surface area contributed by atoms with E-state index in [4.69, 9.17) is 13.9 Å². The van der Waals surface area contributed by atoms with Gasteiger partial charge >= 0.3 is 165 Å². The SMILES string of the molecule is C=CCC(O[Si](C)(C)C(C)(C)C)C1CC=CC(C2CCC(/C=[CH]/[Sn]([CH3])([CH3])[CH3])O2)O1. The molecule has 0 spiro atoms. The van der Waals surface area contributed by atoms with Gasteiger partial charge in [0.05, 0.1) is 0 Å².